The van der Waals surface area contributed by atoms with Crippen molar-refractivity contribution < 1.29 is 123 Å². The molecule has 0 bridgehead atoms. The van der Waals surface area contributed by atoms with Gasteiger partial charge in [-0.3, -0.25) is 4.55 Å². The molecule has 7 N–H and O–H groups in total. The first-order valence-electron chi connectivity index (χ1n) is 20.5. The van der Waals surface area contributed by atoms with Crippen molar-refractivity contribution in [3.8, 4) is 0 Å². The van der Waals surface area contributed by atoms with Crippen LogP contribution < -0.4 is 51.4 Å². The second-order valence-electron chi connectivity index (χ2n) is 13.1. The Kier molecular flexibility index (Phi) is 44.3. The summed E-state index contributed by atoms with van der Waals surface area (Å²) in [6, 6.07) is 23.3. The van der Waals surface area contributed by atoms with Gasteiger partial charge in [0, 0.05) is 26.4 Å². The van der Waals surface area contributed by atoms with E-state index in [4.69, 9.17) is 53.4 Å². The average molecular weight is 911 g/mol. The summed E-state index contributed by atoms with van der Waals surface area (Å²) in [5.41, 5.74) is 0.956. The van der Waals surface area contributed by atoms with Crippen molar-refractivity contribution >= 4 is 20.9 Å². The molecule has 5 heterocycles. The predicted octanol–water partition coefficient (Wildman–Crippen LogP) is 2.20. The third-order valence-corrected chi connectivity index (χ3v) is 8.80. The summed E-state index contributed by atoms with van der Waals surface area (Å²) in [5.74, 6) is 0. The van der Waals surface area contributed by atoms with Crippen LogP contribution in [-0.2, 0) is 43.3 Å². The van der Waals surface area contributed by atoms with Crippen LogP contribution in [0.5, 0.6) is 0 Å². The molecule has 5 aliphatic rings. The zero-order valence-electron chi connectivity index (χ0n) is 36.2. The van der Waals surface area contributed by atoms with Gasteiger partial charge >= 0.3 is 51.4 Å². The van der Waals surface area contributed by atoms with Gasteiger partial charge in [-0.25, -0.2) is 0 Å². The van der Waals surface area contributed by atoms with E-state index in [2.05, 4.69) is 29.0 Å². The van der Waals surface area contributed by atoms with Crippen molar-refractivity contribution in [2.24, 2.45) is 0 Å². The third-order valence-electron chi connectivity index (χ3n) is 7.94. The maximum absolute atomic E-state index is 10.5. The minimum atomic E-state index is -4.02. The number of aryl methyl sites for hydroxylation is 1. The Labute approximate surface area is 406 Å². The Morgan fingerprint density at radius 2 is 1.18 bits per heavy atom. The summed E-state index contributed by atoms with van der Waals surface area (Å²) >= 11 is 0. The number of allylic oxidation sites excluding steroid dienone is 1. The van der Waals surface area contributed by atoms with Gasteiger partial charge in [0.15, 0.2) is 12.6 Å². The molecule has 17 heteroatoms. The van der Waals surface area contributed by atoms with Crippen LogP contribution in [0.15, 0.2) is 84.0 Å². The third kappa shape index (κ3) is 38.7. The van der Waals surface area contributed by atoms with Crippen molar-refractivity contribution in [1.29, 1.82) is 0 Å². The molecule has 4 fully saturated rings. The van der Waals surface area contributed by atoms with Gasteiger partial charge in [0.1, 0.15) is 0 Å². The largest absolute Gasteiger partial charge is 1.00 e. The summed E-state index contributed by atoms with van der Waals surface area (Å²) in [6.07, 6.45) is 15.2. The van der Waals surface area contributed by atoms with Crippen molar-refractivity contribution in [1.82, 2.24) is 0 Å². The molecule has 344 valence electrons. The Morgan fingerprint density at radius 1 is 0.656 bits per heavy atom. The van der Waals surface area contributed by atoms with E-state index in [0.29, 0.717) is 13.2 Å². The number of aliphatic hydroxyl groups excluding tert-OH is 4. The maximum atomic E-state index is 10.5. The van der Waals surface area contributed by atoms with Crippen LogP contribution in [0.3, 0.4) is 0 Å². The normalized spacial score (nSPS) is 18.1. The predicted molar refractivity (Wildman–Crippen MR) is 230 cm³/mol. The maximum Gasteiger partial charge on any atom is 1.00 e. The zero-order valence-corrected chi connectivity index (χ0v) is 40.2. The number of epoxide rings is 1. The van der Waals surface area contributed by atoms with E-state index in [1.165, 1.54) is 61.4 Å². The summed E-state index contributed by atoms with van der Waals surface area (Å²) < 4.78 is 64.7. The summed E-state index contributed by atoms with van der Waals surface area (Å²) in [5, 5.41) is 34.6. The smallest absolute Gasteiger partial charge is 0.502 e. The van der Waals surface area contributed by atoms with Gasteiger partial charge in [-0.15, -0.1) is 16.8 Å². The molecule has 15 nitrogen and oxygen atoms in total. The first kappa shape index (κ1) is 61.7. The zero-order chi connectivity index (χ0) is 43.1. The molecule has 0 aliphatic carbocycles. The second kappa shape index (κ2) is 43.8. The fourth-order valence-electron chi connectivity index (χ4n) is 4.83. The minimum absolute atomic E-state index is 0. The first-order chi connectivity index (χ1) is 28.7. The molecule has 0 spiro atoms. The van der Waals surface area contributed by atoms with E-state index < -0.39 is 10.1 Å². The molecule has 0 aromatic heterocycles. The molecule has 0 radical (unpaired) electrons. The van der Waals surface area contributed by atoms with Crippen LogP contribution in [-0.4, -0.2) is 137 Å². The monoisotopic (exact) mass is 910 g/mol. The summed E-state index contributed by atoms with van der Waals surface area (Å²) in [4.78, 5) is -0.0666. The molecule has 3 aromatic carbocycles. The molecular weight excluding hydrogens is 840 g/mol. The SMILES string of the molecule is C1=COCCC1.C1CCOC1.C1CO1.Cc1ccc(S(=O)(=O)O)cc1.O.OCCO.OCCOC1CCCCO1.OCCOC1CCCCO1.[K+].[c-]1ccc2ccccc2c1. The van der Waals surface area contributed by atoms with Crippen molar-refractivity contribution in [3.05, 3.63) is 90.7 Å². The van der Waals surface area contributed by atoms with Gasteiger partial charge in [0.2, 0.25) is 0 Å². The van der Waals surface area contributed by atoms with E-state index in [0.717, 1.165) is 77.5 Å². The van der Waals surface area contributed by atoms with E-state index in [-0.39, 0.29) is 101 Å². The molecule has 0 amide bonds. The topological polar surface area (TPSA) is 235 Å². The van der Waals surface area contributed by atoms with Crippen LogP contribution >= 0.6 is 0 Å². The molecule has 2 atom stereocenters. The van der Waals surface area contributed by atoms with E-state index in [1.807, 2.05) is 37.3 Å². The minimum Gasteiger partial charge on any atom is -0.502 e. The number of fused-ring (bicyclic) bond motifs is 1. The number of ether oxygens (including phenoxy) is 7. The van der Waals surface area contributed by atoms with Gasteiger partial charge in [-0.2, -0.15) is 32.7 Å². The van der Waals surface area contributed by atoms with Gasteiger partial charge in [-0.05, 0) is 89.3 Å². The number of hydrogen-bond donors (Lipinski definition) is 5. The summed E-state index contributed by atoms with van der Waals surface area (Å²) in [6.45, 7) is 9.06. The molecule has 0 saturated carbocycles. The molecule has 3 aromatic rings. The van der Waals surface area contributed by atoms with Crippen LogP contribution in [0, 0.1) is 13.0 Å². The van der Waals surface area contributed by atoms with Gasteiger partial charge in [0.25, 0.3) is 10.1 Å². The van der Waals surface area contributed by atoms with Crippen molar-refractivity contribution in [3.63, 3.8) is 0 Å². The Balaban J connectivity index is 0. The van der Waals surface area contributed by atoms with E-state index in [9.17, 15) is 8.42 Å². The number of benzene rings is 3. The van der Waals surface area contributed by atoms with Gasteiger partial charge in [-0.1, -0.05) is 35.9 Å². The average Bonchev–Trinajstić information content (AvgIpc) is 4.06. The van der Waals surface area contributed by atoms with Crippen LogP contribution in [0.4, 0.5) is 0 Å². The van der Waals surface area contributed by atoms with Crippen molar-refractivity contribution in [2.75, 3.05) is 85.9 Å². The number of rotatable bonds is 8. The Morgan fingerprint density at radius 3 is 1.51 bits per heavy atom. The fraction of sp³-hybridized carbons (Fsp3) is 0.591. The molecule has 2 unspecified atom stereocenters. The Hall–Kier alpha value is -1.43. The second-order valence-corrected chi connectivity index (χ2v) is 14.5. The van der Waals surface area contributed by atoms with Crippen LogP contribution in [0.1, 0.15) is 69.8 Å². The quantitative estimate of drug-likeness (QED) is 0.0944. The van der Waals surface area contributed by atoms with Gasteiger partial charge in [0.05, 0.1) is 70.6 Å². The van der Waals surface area contributed by atoms with Crippen molar-refractivity contribution in [2.45, 2.75) is 88.6 Å². The standard InChI is InChI=1S/C10H7.C7H8O3S.2C7H14O3.C5H8O.C4H8O.C2H6O2.C2H4O.K.H2O/c1-2-6-10-8-4-3-7-9(10)5-1;1-6-2-4-7(5-3-6)11(8,9)10;2*8-4-6-10-7-3-1-2-5-9-7;1-2-4-6-5-3-1;1-2-4-5-3-1;3-1-2-4;1-2-3-1;;/h1-3,5-8H;2-5H,1H3,(H,8,9,10);2*7-8H,1-6H2;2,4H,1,3,5H2;1-4H2;3-4H,1-2H2;1-2H2;;1H2/q-1;;;;;;;;+1;. The van der Waals surface area contributed by atoms with E-state index in [1.54, 1.807) is 18.4 Å². The van der Waals surface area contributed by atoms with E-state index >= 15 is 0 Å². The first-order valence-corrected chi connectivity index (χ1v) is 21.9. The molecule has 8 rings (SSSR count). The van der Waals surface area contributed by atoms with Crippen LogP contribution in [0.2, 0.25) is 0 Å². The van der Waals surface area contributed by atoms with Gasteiger partial charge < -0.3 is 59.1 Å². The molecular formula is C44H71KO15S. The molecule has 61 heavy (non-hydrogen) atoms. The van der Waals surface area contributed by atoms with Crippen LogP contribution in [0.25, 0.3) is 10.8 Å². The fourth-order valence-corrected chi connectivity index (χ4v) is 5.31. The molecule has 5 aliphatic heterocycles. The number of hydrogen-bond acceptors (Lipinski definition) is 13. The molecule has 4 saturated heterocycles. The summed E-state index contributed by atoms with van der Waals surface area (Å²) in [7, 11) is -4.02. The number of aliphatic hydroxyl groups is 4. The Bertz CT molecular complexity index is 1390.